The molecule has 1 saturated heterocycles. The SMILES string of the molecule is Cn1ncc2c1C(=O)CC1(CCNCC1)O2. The summed E-state index contributed by atoms with van der Waals surface area (Å²) in [5, 5.41) is 7.37. The first-order valence-corrected chi connectivity index (χ1v) is 5.65. The van der Waals surface area contributed by atoms with E-state index in [-0.39, 0.29) is 11.4 Å². The lowest BCUT2D eigenvalue weighted by atomic mass is 9.84. The maximum atomic E-state index is 12.1. The molecule has 86 valence electrons. The number of carbonyl (C=O) groups excluding carboxylic acids is 1. The van der Waals surface area contributed by atoms with E-state index in [4.69, 9.17) is 4.74 Å². The number of carbonyl (C=O) groups is 1. The molecule has 1 spiro atoms. The number of nitrogens with zero attached hydrogens (tertiary/aromatic N) is 2. The zero-order valence-corrected chi connectivity index (χ0v) is 9.32. The van der Waals surface area contributed by atoms with Gasteiger partial charge in [0, 0.05) is 19.9 Å². The second kappa shape index (κ2) is 3.31. The standard InChI is InChI=1S/C11H15N3O2/c1-14-10-8(15)6-11(2-4-12-5-3-11)16-9(10)7-13-14/h7,12H,2-6H2,1H3. The molecule has 0 atom stereocenters. The molecule has 0 amide bonds. The Morgan fingerprint density at radius 2 is 2.25 bits per heavy atom. The van der Waals surface area contributed by atoms with E-state index in [0.717, 1.165) is 25.9 Å². The number of rotatable bonds is 0. The molecular formula is C11H15N3O2. The number of ketones is 1. The van der Waals surface area contributed by atoms with Gasteiger partial charge in [-0.15, -0.1) is 0 Å². The Bertz CT molecular complexity index is 432. The van der Waals surface area contributed by atoms with E-state index in [2.05, 4.69) is 10.4 Å². The van der Waals surface area contributed by atoms with Gasteiger partial charge in [-0.1, -0.05) is 0 Å². The average molecular weight is 221 g/mol. The molecule has 2 aliphatic heterocycles. The molecule has 0 aromatic carbocycles. The van der Waals surface area contributed by atoms with Crippen molar-refractivity contribution in [1.82, 2.24) is 15.1 Å². The lowest BCUT2D eigenvalue weighted by molar-refractivity contribution is 0.0181. The van der Waals surface area contributed by atoms with Gasteiger partial charge in [0.05, 0.1) is 12.6 Å². The molecule has 0 radical (unpaired) electrons. The minimum absolute atomic E-state index is 0.156. The largest absolute Gasteiger partial charge is 0.483 e. The Morgan fingerprint density at radius 1 is 1.50 bits per heavy atom. The van der Waals surface area contributed by atoms with Crippen LogP contribution in [0.25, 0.3) is 0 Å². The molecule has 2 aliphatic rings. The molecule has 3 rings (SSSR count). The third kappa shape index (κ3) is 1.35. The molecule has 1 fully saturated rings. The smallest absolute Gasteiger partial charge is 0.188 e. The van der Waals surface area contributed by atoms with Gasteiger partial charge in [0.15, 0.2) is 11.5 Å². The van der Waals surface area contributed by atoms with Crippen LogP contribution >= 0.6 is 0 Å². The van der Waals surface area contributed by atoms with Gasteiger partial charge >= 0.3 is 0 Å². The topological polar surface area (TPSA) is 56.2 Å². The molecule has 16 heavy (non-hydrogen) atoms. The summed E-state index contributed by atoms with van der Waals surface area (Å²) in [4.78, 5) is 12.1. The van der Waals surface area contributed by atoms with E-state index in [1.807, 2.05) is 0 Å². The Hall–Kier alpha value is -1.36. The minimum atomic E-state index is -0.279. The average Bonchev–Trinajstić information content (AvgIpc) is 2.61. The van der Waals surface area contributed by atoms with Gasteiger partial charge in [-0.3, -0.25) is 9.48 Å². The normalized spacial score (nSPS) is 22.9. The van der Waals surface area contributed by atoms with Crippen LogP contribution in [0, 0.1) is 0 Å². The highest BCUT2D eigenvalue weighted by atomic mass is 16.5. The van der Waals surface area contributed by atoms with Crippen molar-refractivity contribution < 1.29 is 9.53 Å². The molecule has 0 unspecified atom stereocenters. The Balaban J connectivity index is 1.97. The van der Waals surface area contributed by atoms with E-state index in [9.17, 15) is 4.79 Å². The van der Waals surface area contributed by atoms with Gasteiger partial charge < -0.3 is 10.1 Å². The molecule has 1 N–H and O–H groups in total. The van der Waals surface area contributed by atoms with Crippen LogP contribution in [0.1, 0.15) is 29.8 Å². The third-order valence-corrected chi connectivity index (χ3v) is 3.49. The molecule has 0 aliphatic carbocycles. The van der Waals surface area contributed by atoms with Crippen LogP contribution in [-0.4, -0.2) is 34.3 Å². The van der Waals surface area contributed by atoms with Crippen molar-refractivity contribution in [1.29, 1.82) is 0 Å². The highest BCUT2D eigenvalue weighted by Gasteiger charge is 2.42. The summed E-state index contributed by atoms with van der Waals surface area (Å²) in [5.41, 5.74) is 0.336. The van der Waals surface area contributed by atoms with Crippen LogP contribution in [-0.2, 0) is 7.05 Å². The Morgan fingerprint density at radius 3 is 3.00 bits per heavy atom. The number of ether oxygens (including phenoxy) is 1. The minimum Gasteiger partial charge on any atom is -0.483 e. The Labute approximate surface area is 93.8 Å². The summed E-state index contributed by atoms with van der Waals surface area (Å²) in [7, 11) is 1.78. The van der Waals surface area contributed by atoms with Crippen molar-refractivity contribution in [2.75, 3.05) is 13.1 Å². The summed E-state index contributed by atoms with van der Waals surface area (Å²) in [6.45, 7) is 1.84. The first-order chi connectivity index (χ1) is 7.70. The number of aryl methyl sites for hydroxylation is 1. The van der Waals surface area contributed by atoms with Gasteiger partial charge in [-0.25, -0.2) is 0 Å². The fraction of sp³-hybridized carbons (Fsp3) is 0.636. The summed E-state index contributed by atoms with van der Waals surface area (Å²) in [6.07, 6.45) is 3.93. The summed E-state index contributed by atoms with van der Waals surface area (Å²) in [6, 6.07) is 0. The number of hydrogen-bond donors (Lipinski definition) is 1. The first-order valence-electron chi connectivity index (χ1n) is 5.65. The van der Waals surface area contributed by atoms with Crippen molar-refractivity contribution in [3.05, 3.63) is 11.9 Å². The lowest BCUT2D eigenvalue weighted by Gasteiger charge is -2.39. The van der Waals surface area contributed by atoms with E-state index in [0.29, 0.717) is 17.9 Å². The van der Waals surface area contributed by atoms with E-state index in [1.165, 1.54) is 0 Å². The summed E-state index contributed by atoms with van der Waals surface area (Å²) >= 11 is 0. The monoisotopic (exact) mass is 221 g/mol. The van der Waals surface area contributed by atoms with Crippen LogP contribution < -0.4 is 10.1 Å². The Kier molecular flexibility index (Phi) is 2.04. The van der Waals surface area contributed by atoms with Gasteiger partial charge in [-0.2, -0.15) is 5.10 Å². The molecule has 1 aromatic heterocycles. The van der Waals surface area contributed by atoms with Crippen molar-refractivity contribution in [2.24, 2.45) is 7.05 Å². The molecule has 5 heteroatoms. The second-order valence-electron chi connectivity index (χ2n) is 4.62. The maximum absolute atomic E-state index is 12.1. The highest BCUT2D eigenvalue weighted by molar-refractivity contribution is 5.98. The fourth-order valence-corrected chi connectivity index (χ4v) is 2.62. The van der Waals surface area contributed by atoms with Gasteiger partial charge in [0.1, 0.15) is 11.3 Å². The molecule has 5 nitrogen and oxygen atoms in total. The lowest BCUT2D eigenvalue weighted by Crippen LogP contribution is -2.49. The van der Waals surface area contributed by atoms with Crippen molar-refractivity contribution in [2.45, 2.75) is 24.9 Å². The van der Waals surface area contributed by atoms with Crippen LogP contribution in [0.5, 0.6) is 5.75 Å². The first kappa shape index (κ1) is 9.84. The van der Waals surface area contributed by atoms with E-state index >= 15 is 0 Å². The van der Waals surface area contributed by atoms with Gasteiger partial charge in [0.25, 0.3) is 0 Å². The predicted molar refractivity (Wildman–Crippen MR) is 57.6 cm³/mol. The summed E-state index contributed by atoms with van der Waals surface area (Å²) < 4.78 is 7.61. The molecule has 3 heterocycles. The summed E-state index contributed by atoms with van der Waals surface area (Å²) in [5.74, 6) is 0.809. The van der Waals surface area contributed by atoms with Crippen LogP contribution in [0.4, 0.5) is 0 Å². The number of hydrogen-bond acceptors (Lipinski definition) is 4. The van der Waals surface area contributed by atoms with Crippen molar-refractivity contribution >= 4 is 5.78 Å². The number of Topliss-reactive ketones (excluding diaryl/α,β-unsaturated/α-hetero) is 1. The zero-order valence-electron chi connectivity index (χ0n) is 9.32. The van der Waals surface area contributed by atoms with E-state index < -0.39 is 0 Å². The fourth-order valence-electron chi connectivity index (χ4n) is 2.62. The van der Waals surface area contributed by atoms with Crippen molar-refractivity contribution in [3.8, 4) is 5.75 Å². The number of nitrogens with one attached hydrogen (secondary N) is 1. The van der Waals surface area contributed by atoms with Gasteiger partial charge in [-0.05, 0) is 13.1 Å². The number of fused-ring (bicyclic) bond motifs is 1. The van der Waals surface area contributed by atoms with Crippen LogP contribution in [0.3, 0.4) is 0 Å². The highest BCUT2D eigenvalue weighted by Crippen LogP contribution is 2.37. The van der Waals surface area contributed by atoms with Crippen molar-refractivity contribution in [3.63, 3.8) is 0 Å². The van der Waals surface area contributed by atoms with Crippen LogP contribution in [0.2, 0.25) is 0 Å². The molecular weight excluding hydrogens is 206 g/mol. The molecule has 1 aromatic rings. The number of aromatic nitrogens is 2. The van der Waals surface area contributed by atoms with E-state index in [1.54, 1.807) is 17.9 Å². The van der Waals surface area contributed by atoms with Crippen LogP contribution in [0.15, 0.2) is 6.20 Å². The van der Waals surface area contributed by atoms with Gasteiger partial charge in [0.2, 0.25) is 0 Å². The number of piperidine rings is 1. The quantitative estimate of drug-likeness (QED) is 0.693. The molecule has 0 bridgehead atoms. The predicted octanol–water partition coefficient (Wildman–Crippen LogP) is 0.508. The molecule has 0 saturated carbocycles. The third-order valence-electron chi connectivity index (χ3n) is 3.49. The maximum Gasteiger partial charge on any atom is 0.188 e. The zero-order chi connectivity index (χ0) is 11.2. The second-order valence-corrected chi connectivity index (χ2v) is 4.62.